The molecule has 128 valence electrons. The van der Waals surface area contributed by atoms with Crippen molar-refractivity contribution in [2.24, 2.45) is 0 Å². The van der Waals surface area contributed by atoms with Crippen molar-refractivity contribution < 1.29 is 22.5 Å². The van der Waals surface area contributed by atoms with Gasteiger partial charge in [-0.2, -0.15) is 18.2 Å². The van der Waals surface area contributed by atoms with Crippen LogP contribution in [0.1, 0.15) is 5.89 Å². The molecule has 0 spiro atoms. The van der Waals surface area contributed by atoms with Crippen molar-refractivity contribution in [3.05, 3.63) is 24.2 Å². The van der Waals surface area contributed by atoms with Crippen molar-refractivity contribution in [2.45, 2.75) is 13.1 Å². The number of carbonyl (C=O) groups is 1. The standard InChI is InChI=1S/C14H14F3N5O2/c1-9-19-12(20-24-9)10-2-3-11(18-8-10)21-4-6-22(7-5-21)13(23)14(15,16)17/h2-3,8H,4-7H2,1H3. The fourth-order valence-corrected chi connectivity index (χ4v) is 2.44. The fourth-order valence-electron chi connectivity index (χ4n) is 2.44. The van der Waals surface area contributed by atoms with Gasteiger partial charge in [-0.15, -0.1) is 0 Å². The summed E-state index contributed by atoms with van der Waals surface area (Å²) < 4.78 is 42.2. The van der Waals surface area contributed by atoms with Crippen LogP contribution < -0.4 is 4.90 Å². The summed E-state index contributed by atoms with van der Waals surface area (Å²) in [6.45, 7) is 2.27. The zero-order chi connectivity index (χ0) is 17.3. The van der Waals surface area contributed by atoms with E-state index in [4.69, 9.17) is 4.52 Å². The Bertz CT molecular complexity index is 721. The van der Waals surface area contributed by atoms with Crippen LogP contribution in [-0.2, 0) is 4.79 Å². The summed E-state index contributed by atoms with van der Waals surface area (Å²) in [5.74, 6) is -0.303. The van der Waals surface area contributed by atoms with E-state index in [2.05, 4.69) is 15.1 Å². The molecule has 3 rings (SSSR count). The molecule has 0 aliphatic carbocycles. The lowest BCUT2D eigenvalue weighted by molar-refractivity contribution is -0.185. The second-order valence-electron chi connectivity index (χ2n) is 5.32. The molecule has 0 radical (unpaired) electrons. The molecule has 0 atom stereocenters. The Kier molecular flexibility index (Phi) is 4.12. The number of amides is 1. The van der Waals surface area contributed by atoms with Crippen molar-refractivity contribution in [1.29, 1.82) is 0 Å². The van der Waals surface area contributed by atoms with Crippen LogP contribution in [0.2, 0.25) is 0 Å². The fraction of sp³-hybridized carbons (Fsp3) is 0.429. The van der Waals surface area contributed by atoms with Crippen molar-refractivity contribution in [2.75, 3.05) is 31.1 Å². The maximum Gasteiger partial charge on any atom is 0.471 e. The molecule has 0 bridgehead atoms. The van der Waals surface area contributed by atoms with Crippen molar-refractivity contribution in [3.63, 3.8) is 0 Å². The number of halogens is 3. The van der Waals surface area contributed by atoms with E-state index in [1.54, 1.807) is 25.3 Å². The average Bonchev–Trinajstić information content (AvgIpc) is 3.00. The van der Waals surface area contributed by atoms with Crippen LogP contribution in [0, 0.1) is 6.92 Å². The average molecular weight is 341 g/mol. The van der Waals surface area contributed by atoms with Crippen molar-refractivity contribution in [1.82, 2.24) is 20.0 Å². The predicted octanol–water partition coefficient (Wildman–Crippen LogP) is 1.65. The number of rotatable bonds is 2. The van der Waals surface area contributed by atoms with Crippen LogP contribution in [0.5, 0.6) is 0 Å². The SMILES string of the molecule is Cc1nc(-c2ccc(N3CCN(C(=O)C(F)(F)F)CC3)nc2)no1. The zero-order valence-corrected chi connectivity index (χ0v) is 12.7. The van der Waals surface area contributed by atoms with Gasteiger partial charge in [-0.25, -0.2) is 4.98 Å². The summed E-state index contributed by atoms with van der Waals surface area (Å²) in [7, 11) is 0. The van der Waals surface area contributed by atoms with Gasteiger partial charge in [-0.1, -0.05) is 5.16 Å². The van der Waals surface area contributed by atoms with Gasteiger partial charge in [0.05, 0.1) is 0 Å². The Morgan fingerprint density at radius 2 is 1.92 bits per heavy atom. The quantitative estimate of drug-likeness (QED) is 0.827. The molecule has 2 aromatic rings. The Morgan fingerprint density at radius 1 is 1.21 bits per heavy atom. The summed E-state index contributed by atoms with van der Waals surface area (Å²) in [4.78, 5) is 22.2. The maximum absolute atomic E-state index is 12.4. The van der Waals surface area contributed by atoms with Gasteiger partial charge in [0, 0.05) is 44.9 Å². The van der Waals surface area contributed by atoms with Gasteiger partial charge in [0.1, 0.15) is 5.82 Å². The molecule has 24 heavy (non-hydrogen) atoms. The van der Waals surface area contributed by atoms with Gasteiger partial charge < -0.3 is 14.3 Å². The second kappa shape index (κ2) is 6.10. The number of carbonyl (C=O) groups excluding carboxylic acids is 1. The highest BCUT2D eigenvalue weighted by Crippen LogP contribution is 2.22. The highest BCUT2D eigenvalue weighted by atomic mass is 19.4. The molecule has 7 nitrogen and oxygen atoms in total. The Labute approximate surface area is 135 Å². The number of alkyl halides is 3. The van der Waals surface area contributed by atoms with Gasteiger partial charge in [-0.05, 0) is 12.1 Å². The van der Waals surface area contributed by atoms with Crippen molar-refractivity contribution in [3.8, 4) is 11.4 Å². The predicted molar refractivity (Wildman–Crippen MR) is 77.1 cm³/mol. The monoisotopic (exact) mass is 341 g/mol. The number of piperazine rings is 1. The number of aromatic nitrogens is 3. The van der Waals surface area contributed by atoms with E-state index in [1.165, 1.54) is 0 Å². The summed E-state index contributed by atoms with van der Waals surface area (Å²) in [6, 6.07) is 3.50. The summed E-state index contributed by atoms with van der Waals surface area (Å²) in [5, 5.41) is 3.79. The third kappa shape index (κ3) is 3.31. The van der Waals surface area contributed by atoms with Gasteiger partial charge in [-0.3, -0.25) is 4.79 Å². The topological polar surface area (TPSA) is 75.4 Å². The lowest BCUT2D eigenvalue weighted by atomic mass is 10.2. The first-order chi connectivity index (χ1) is 11.3. The van der Waals surface area contributed by atoms with Crippen molar-refractivity contribution >= 4 is 11.7 Å². The second-order valence-corrected chi connectivity index (χ2v) is 5.32. The van der Waals surface area contributed by atoms with Gasteiger partial charge in [0.25, 0.3) is 0 Å². The van der Waals surface area contributed by atoms with Crippen LogP contribution >= 0.6 is 0 Å². The van der Waals surface area contributed by atoms with Crippen LogP contribution in [0.15, 0.2) is 22.9 Å². The first-order valence-corrected chi connectivity index (χ1v) is 7.22. The number of nitrogens with zero attached hydrogens (tertiary/aromatic N) is 5. The molecule has 0 unspecified atom stereocenters. The number of hydrogen-bond acceptors (Lipinski definition) is 6. The van der Waals surface area contributed by atoms with E-state index in [0.29, 0.717) is 23.1 Å². The van der Waals surface area contributed by atoms with E-state index >= 15 is 0 Å². The molecule has 3 heterocycles. The first-order valence-electron chi connectivity index (χ1n) is 7.22. The maximum atomic E-state index is 12.4. The molecular formula is C14H14F3N5O2. The molecule has 1 aliphatic rings. The number of anilines is 1. The minimum Gasteiger partial charge on any atom is -0.353 e. The zero-order valence-electron chi connectivity index (χ0n) is 12.7. The highest BCUT2D eigenvalue weighted by molar-refractivity contribution is 5.82. The van der Waals surface area contributed by atoms with Crippen LogP contribution in [0.4, 0.5) is 19.0 Å². The molecule has 0 N–H and O–H groups in total. The number of hydrogen-bond donors (Lipinski definition) is 0. The van der Waals surface area contributed by atoms with Gasteiger partial charge in [0.15, 0.2) is 0 Å². The molecule has 0 saturated carbocycles. The molecule has 1 saturated heterocycles. The summed E-state index contributed by atoms with van der Waals surface area (Å²) in [6.07, 6.45) is -3.25. The first kappa shape index (κ1) is 16.2. The molecule has 1 fully saturated rings. The summed E-state index contributed by atoms with van der Waals surface area (Å²) in [5.41, 5.74) is 0.682. The van der Waals surface area contributed by atoms with Gasteiger partial charge in [0.2, 0.25) is 11.7 Å². The third-order valence-corrected chi connectivity index (χ3v) is 3.67. The molecule has 1 aliphatic heterocycles. The van der Waals surface area contributed by atoms with Gasteiger partial charge >= 0.3 is 12.1 Å². The smallest absolute Gasteiger partial charge is 0.353 e. The molecule has 0 aromatic carbocycles. The number of aryl methyl sites for hydroxylation is 1. The molecule has 2 aromatic heterocycles. The van der Waals surface area contributed by atoms with E-state index in [9.17, 15) is 18.0 Å². The molecule has 10 heteroatoms. The largest absolute Gasteiger partial charge is 0.471 e. The third-order valence-electron chi connectivity index (χ3n) is 3.67. The van der Waals surface area contributed by atoms with E-state index in [0.717, 1.165) is 4.90 Å². The highest BCUT2D eigenvalue weighted by Gasteiger charge is 2.43. The van der Waals surface area contributed by atoms with Crippen LogP contribution in [0.3, 0.4) is 0 Å². The lowest BCUT2D eigenvalue weighted by Crippen LogP contribution is -2.52. The lowest BCUT2D eigenvalue weighted by Gasteiger charge is -2.35. The van der Waals surface area contributed by atoms with E-state index in [1.807, 2.05) is 4.90 Å². The Hall–Kier alpha value is -2.65. The Morgan fingerprint density at radius 3 is 2.42 bits per heavy atom. The number of pyridine rings is 1. The minimum absolute atomic E-state index is 0.00577. The van der Waals surface area contributed by atoms with E-state index < -0.39 is 12.1 Å². The minimum atomic E-state index is -4.83. The normalized spacial score (nSPS) is 15.7. The molecule has 1 amide bonds. The summed E-state index contributed by atoms with van der Waals surface area (Å²) >= 11 is 0. The molecular weight excluding hydrogens is 327 g/mol. The van der Waals surface area contributed by atoms with E-state index in [-0.39, 0.29) is 26.2 Å². The van der Waals surface area contributed by atoms with Crippen LogP contribution in [0.25, 0.3) is 11.4 Å². The Balaban J connectivity index is 1.64. The van der Waals surface area contributed by atoms with Crippen LogP contribution in [-0.4, -0.2) is 58.3 Å².